The number of aromatic carboxylic acids is 1. The number of halogens is 1. The first-order valence-corrected chi connectivity index (χ1v) is 9.29. The van der Waals surface area contributed by atoms with Crippen molar-refractivity contribution < 1.29 is 9.90 Å². The van der Waals surface area contributed by atoms with Gasteiger partial charge in [-0.05, 0) is 66.6 Å². The number of aromatic nitrogens is 2. The average Bonchev–Trinajstić information content (AvgIpc) is 2.92. The molecule has 1 aliphatic carbocycles. The summed E-state index contributed by atoms with van der Waals surface area (Å²) in [6, 6.07) is 6.59. The van der Waals surface area contributed by atoms with E-state index in [4.69, 9.17) is 16.7 Å². The van der Waals surface area contributed by atoms with Crippen molar-refractivity contribution in [2.24, 2.45) is 5.92 Å². The summed E-state index contributed by atoms with van der Waals surface area (Å²) in [6.45, 7) is 2.27. The molecule has 0 fully saturated rings. The maximum atomic E-state index is 11.0. The second-order valence-electron chi connectivity index (χ2n) is 6.38. The van der Waals surface area contributed by atoms with E-state index in [9.17, 15) is 4.79 Å². The molecule has 1 atom stereocenters. The number of benzene rings is 1. The molecule has 2 N–H and O–H groups in total. The highest BCUT2D eigenvalue weighted by Crippen LogP contribution is 2.41. The van der Waals surface area contributed by atoms with Crippen molar-refractivity contribution in [3.05, 3.63) is 45.6 Å². The standard InChI is InChI=1S/C18H16ClN3O2S/c1-9-2-7-12-13(8-9)25-16-14(12)15(21-18(19)22-16)20-11-5-3-10(4-6-11)17(23)24/h3-6,9H,2,7-8H2,1H3,(H,23,24)(H,20,21,22). The lowest BCUT2D eigenvalue weighted by Gasteiger charge is -2.18. The van der Waals surface area contributed by atoms with Gasteiger partial charge in [-0.3, -0.25) is 0 Å². The Hall–Kier alpha value is -2.18. The van der Waals surface area contributed by atoms with Crippen LogP contribution in [0.15, 0.2) is 24.3 Å². The largest absolute Gasteiger partial charge is 0.478 e. The molecule has 1 aromatic carbocycles. The van der Waals surface area contributed by atoms with Crippen LogP contribution in [0, 0.1) is 5.92 Å². The summed E-state index contributed by atoms with van der Waals surface area (Å²) in [5, 5.41) is 13.5. The van der Waals surface area contributed by atoms with Gasteiger partial charge >= 0.3 is 5.97 Å². The monoisotopic (exact) mass is 373 g/mol. The second kappa shape index (κ2) is 6.28. The molecule has 7 heteroatoms. The molecule has 3 aromatic rings. The first-order chi connectivity index (χ1) is 12.0. The highest BCUT2D eigenvalue weighted by atomic mass is 35.5. The summed E-state index contributed by atoms with van der Waals surface area (Å²) >= 11 is 7.81. The minimum Gasteiger partial charge on any atom is -0.478 e. The Morgan fingerprint density at radius 2 is 2.08 bits per heavy atom. The summed E-state index contributed by atoms with van der Waals surface area (Å²) in [5.74, 6) is 0.425. The van der Waals surface area contributed by atoms with Gasteiger partial charge in [-0.1, -0.05) is 6.92 Å². The third kappa shape index (κ3) is 3.07. The fourth-order valence-corrected chi connectivity index (χ4v) is 4.84. The molecule has 0 amide bonds. The van der Waals surface area contributed by atoms with E-state index in [1.807, 2.05) is 0 Å². The van der Waals surface area contributed by atoms with Crippen LogP contribution in [0.4, 0.5) is 11.5 Å². The van der Waals surface area contributed by atoms with Crippen LogP contribution in [0.3, 0.4) is 0 Å². The first kappa shape index (κ1) is 16.3. The van der Waals surface area contributed by atoms with Crippen LogP contribution in [0.5, 0.6) is 0 Å². The second-order valence-corrected chi connectivity index (χ2v) is 7.80. The van der Waals surface area contributed by atoms with Crippen molar-refractivity contribution in [3.8, 4) is 0 Å². The van der Waals surface area contributed by atoms with E-state index in [2.05, 4.69) is 22.2 Å². The lowest BCUT2D eigenvalue weighted by Crippen LogP contribution is -2.09. The molecule has 1 unspecified atom stereocenters. The summed E-state index contributed by atoms with van der Waals surface area (Å²) in [4.78, 5) is 22.0. The molecule has 0 saturated carbocycles. The van der Waals surface area contributed by atoms with E-state index in [1.54, 1.807) is 35.6 Å². The molecule has 25 heavy (non-hydrogen) atoms. The third-order valence-electron chi connectivity index (χ3n) is 4.52. The molecule has 128 valence electrons. The van der Waals surface area contributed by atoms with Gasteiger partial charge < -0.3 is 10.4 Å². The van der Waals surface area contributed by atoms with Crippen molar-refractivity contribution in [1.29, 1.82) is 0 Å². The number of anilines is 2. The number of carbonyl (C=O) groups is 1. The highest BCUT2D eigenvalue weighted by Gasteiger charge is 2.23. The summed E-state index contributed by atoms with van der Waals surface area (Å²) < 4.78 is 0. The van der Waals surface area contributed by atoms with Gasteiger partial charge in [-0.25, -0.2) is 9.78 Å². The van der Waals surface area contributed by atoms with Crippen LogP contribution in [0.2, 0.25) is 5.28 Å². The summed E-state index contributed by atoms with van der Waals surface area (Å²) in [6.07, 6.45) is 3.25. The molecule has 4 rings (SSSR count). The molecule has 0 bridgehead atoms. The van der Waals surface area contributed by atoms with E-state index in [0.29, 0.717) is 11.7 Å². The lowest BCUT2D eigenvalue weighted by atomic mass is 9.89. The zero-order chi connectivity index (χ0) is 17.6. The zero-order valence-corrected chi connectivity index (χ0v) is 15.1. The van der Waals surface area contributed by atoms with Crippen molar-refractivity contribution >= 4 is 50.6 Å². The fourth-order valence-electron chi connectivity index (χ4n) is 3.24. The van der Waals surface area contributed by atoms with Crippen molar-refractivity contribution in [1.82, 2.24) is 9.97 Å². The van der Waals surface area contributed by atoms with Crippen LogP contribution in [0.1, 0.15) is 34.1 Å². The topological polar surface area (TPSA) is 75.1 Å². The Kier molecular flexibility index (Phi) is 4.09. The first-order valence-electron chi connectivity index (χ1n) is 8.09. The van der Waals surface area contributed by atoms with Crippen molar-refractivity contribution in [2.45, 2.75) is 26.2 Å². The number of carboxylic acids is 1. The fraction of sp³-hybridized carbons (Fsp3) is 0.278. The third-order valence-corrected chi connectivity index (χ3v) is 5.84. The van der Waals surface area contributed by atoms with Crippen molar-refractivity contribution in [3.63, 3.8) is 0 Å². The van der Waals surface area contributed by atoms with Crippen LogP contribution in [-0.4, -0.2) is 21.0 Å². The predicted octanol–water partition coefficient (Wildman–Crippen LogP) is 4.91. The maximum absolute atomic E-state index is 11.0. The van der Waals surface area contributed by atoms with E-state index >= 15 is 0 Å². The molecular formula is C18H16ClN3O2S. The highest BCUT2D eigenvalue weighted by molar-refractivity contribution is 7.19. The van der Waals surface area contributed by atoms with Gasteiger partial charge in [0.2, 0.25) is 5.28 Å². The Labute approximate surface area is 153 Å². The number of hydrogen-bond acceptors (Lipinski definition) is 5. The normalized spacial score (nSPS) is 16.6. The van der Waals surface area contributed by atoms with Crippen LogP contribution < -0.4 is 5.32 Å². The van der Waals surface area contributed by atoms with Crippen LogP contribution >= 0.6 is 22.9 Å². The number of hydrogen-bond donors (Lipinski definition) is 2. The van der Waals surface area contributed by atoms with Crippen LogP contribution in [-0.2, 0) is 12.8 Å². The molecule has 1 aliphatic rings. The molecule has 2 heterocycles. The van der Waals surface area contributed by atoms with Gasteiger partial charge in [0.05, 0.1) is 10.9 Å². The van der Waals surface area contributed by atoms with E-state index < -0.39 is 5.97 Å². The predicted molar refractivity (Wildman–Crippen MR) is 100 cm³/mol. The van der Waals surface area contributed by atoms with Gasteiger partial charge in [0.15, 0.2) is 0 Å². The summed E-state index contributed by atoms with van der Waals surface area (Å²) in [5.41, 5.74) is 2.34. The molecule has 0 radical (unpaired) electrons. The van der Waals surface area contributed by atoms with Gasteiger partial charge in [0, 0.05) is 10.6 Å². The summed E-state index contributed by atoms with van der Waals surface area (Å²) in [7, 11) is 0. The lowest BCUT2D eigenvalue weighted by molar-refractivity contribution is 0.0697. The smallest absolute Gasteiger partial charge is 0.335 e. The number of thiophene rings is 1. The molecule has 0 spiro atoms. The van der Waals surface area contributed by atoms with E-state index in [-0.39, 0.29) is 10.8 Å². The number of nitrogens with zero attached hydrogens (tertiary/aromatic N) is 2. The van der Waals surface area contributed by atoms with E-state index in [0.717, 1.165) is 35.2 Å². The molecular weight excluding hydrogens is 358 g/mol. The van der Waals surface area contributed by atoms with Gasteiger partial charge in [0.1, 0.15) is 10.6 Å². The molecule has 0 saturated heterocycles. The number of fused-ring (bicyclic) bond motifs is 3. The minimum atomic E-state index is -0.944. The van der Waals surface area contributed by atoms with Gasteiger partial charge in [-0.15, -0.1) is 11.3 Å². The number of aryl methyl sites for hydroxylation is 1. The number of rotatable bonds is 3. The van der Waals surface area contributed by atoms with Crippen LogP contribution in [0.25, 0.3) is 10.2 Å². The number of carboxylic acid groups (broad SMARTS) is 1. The van der Waals surface area contributed by atoms with Gasteiger partial charge in [0.25, 0.3) is 0 Å². The number of nitrogens with one attached hydrogen (secondary N) is 1. The quantitative estimate of drug-likeness (QED) is 0.638. The zero-order valence-electron chi connectivity index (χ0n) is 13.5. The average molecular weight is 374 g/mol. The molecule has 2 aromatic heterocycles. The molecule has 5 nitrogen and oxygen atoms in total. The van der Waals surface area contributed by atoms with Gasteiger partial charge in [-0.2, -0.15) is 4.98 Å². The Morgan fingerprint density at radius 1 is 1.32 bits per heavy atom. The Bertz CT molecular complexity index is 969. The maximum Gasteiger partial charge on any atom is 0.335 e. The SMILES string of the molecule is CC1CCc2c(sc3nc(Cl)nc(Nc4ccc(C(=O)O)cc4)c23)C1. The Morgan fingerprint density at radius 3 is 2.80 bits per heavy atom. The molecule has 0 aliphatic heterocycles. The van der Waals surface area contributed by atoms with Crippen molar-refractivity contribution in [2.75, 3.05) is 5.32 Å². The van der Waals surface area contributed by atoms with E-state index in [1.165, 1.54) is 10.4 Å². The minimum absolute atomic E-state index is 0.212. The Balaban J connectivity index is 1.77.